The zero-order valence-electron chi connectivity index (χ0n) is 15.3. The van der Waals surface area contributed by atoms with E-state index in [4.69, 9.17) is 9.84 Å². The van der Waals surface area contributed by atoms with Gasteiger partial charge in [0.05, 0.1) is 6.20 Å². The van der Waals surface area contributed by atoms with Gasteiger partial charge in [0, 0.05) is 11.6 Å². The number of aromatic nitrogens is 2. The third kappa shape index (κ3) is 5.04. The molecule has 1 amide bonds. The number of benzene rings is 2. The molecule has 0 radical (unpaired) electrons. The summed E-state index contributed by atoms with van der Waals surface area (Å²) >= 11 is 0. The van der Waals surface area contributed by atoms with Crippen LogP contribution in [0.2, 0.25) is 0 Å². The molecule has 30 heavy (non-hydrogen) atoms. The second-order valence-electron chi connectivity index (χ2n) is 6.13. The summed E-state index contributed by atoms with van der Waals surface area (Å²) < 4.78 is 32.8. The van der Waals surface area contributed by atoms with Gasteiger partial charge >= 0.3 is 12.1 Å². The molecule has 0 spiro atoms. The minimum Gasteiger partial charge on any atom is -0.480 e. The summed E-state index contributed by atoms with van der Waals surface area (Å²) in [5.74, 6) is -3.51. The molecule has 0 unspecified atom stereocenters. The molecule has 0 aliphatic carbocycles. The monoisotopic (exact) mass is 415 g/mol. The van der Waals surface area contributed by atoms with Crippen molar-refractivity contribution >= 4 is 17.7 Å². The summed E-state index contributed by atoms with van der Waals surface area (Å²) in [6, 6.07) is 11.2. The SMILES string of the molecule is O=C(O)Cn1c(-c2cc(F)cc(F)c2)ncc(NC(=O)OCc2ccccc2)c1=O. The number of carboxylic acids is 1. The molecular weight excluding hydrogens is 400 g/mol. The first kappa shape index (κ1) is 20.6. The topological polar surface area (TPSA) is 111 Å². The molecule has 3 rings (SSSR count). The van der Waals surface area contributed by atoms with Gasteiger partial charge in [0.1, 0.15) is 36.3 Å². The molecule has 8 nitrogen and oxygen atoms in total. The molecule has 10 heteroatoms. The Kier molecular flexibility index (Phi) is 6.16. The molecule has 0 aliphatic heterocycles. The molecule has 154 valence electrons. The van der Waals surface area contributed by atoms with Crippen molar-refractivity contribution in [3.8, 4) is 11.4 Å². The number of halogens is 2. The van der Waals surface area contributed by atoms with Gasteiger partial charge in [-0.2, -0.15) is 0 Å². The maximum absolute atomic E-state index is 13.5. The van der Waals surface area contributed by atoms with Crippen LogP contribution in [-0.2, 0) is 22.7 Å². The highest BCUT2D eigenvalue weighted by molar-refractivity contribution is 5.84. The summed E-state index contributed by atoms with van der Waals surface area (Å²) in [5, 5.41) is 11.3. The van der Waals surface area contributed by atoms with Gasteiger partial charge in [-0.15, -0.1) is 0 Å². The van der Waals surface area contributed by atoms with Crippen molar-refractivity contribution in [1.82, 2.24) is 9.55 Å². The minimum atomic E-state index is -1.39. The lowest BCUT2D eigenvalue weighted by Gasteiger charge is -2.13. The Morgan fingerprint density at radius 2 is 1.77 bits per heavy atom. The molecule has 0 saturated heterocycles. The van der Waals surface area contributed by atoms with Crippen molar-refractivity contribution in [3.05, 3.63) is 82.3 Å². The number of rotatable bonds is 6. The smallest absolute Gasteiger partial charge is 0.412 e. The molecule has 3 aromatic rings. The summed E-state index contributed by atoms with van der Waals surface area (Å²) in [5.41, 5.74) is -0.694. The van der Waals surface area contributed by atoms with Crippen molar-refractivity contribution in [3.63, 3.8) is 0 Å². The van der Waals surface area contributed by atoms with Crippen LogP contribution in [0.4, 0.5) is 19.3 Å². The average molecular weight is 415 g/mol. The van der Waals surface area contributed by atoms with Crippen LogP contribution in [0, 0.1) is 11.6 Å². The lowest BCUT2D eigenvalue weighted by Crippen LogP contribution is -2.30. The quantitative estimate of drug-likeness (QED) is 0.640. The van der Waals surface area contributed by atoms with E-state index < -0.39 is 35.8 Å². The van der Waals surface area contributed by atoms with E-state index >= 15 is 0 Å². The second-order valence-corrected chi connectivity index (χ2v) is 6.13. The molecule has 1 heterocycles. The van der Waals surface area contributed by atoms with Gasteiger partial charge in [-0.3, -0.25) is 19.5 Å². The number of amides is 1. The van der Waals surface area contributed by atoms with Gasteiger partial charge in [0.25, 0.3) is 5.56 Å². The number of hydrogen-bond acceptors (Lipinski definition) is 5. The van der Waals surface area contributed by atoms with Gasteiger partial charge in [-0.1, -0.05) is 30.3 Å². The third-order valence-corrected chi connectivity index (χ3v) is 3.91. The van der Waals surface area contributed by atoms with Crippen molar-refractivity contribution in [2.24, 2.45) is 0 Å². The Hall–Kier alpha value is -4.08. The number of anilines is 1. The van der Waals surface area contributed by atoms with Crippen LogP contribution in [0.3, 0.4) is 0 Å². The highest BCUT2D eigenvalue weighted by Crippen LogP contribution is 2.20. The lowest BCUT2D eigenvalue weighted by molar-refractivity contribution is -0.137. The van der Waals surface area contributed by atoms with E-state index in [0.717, 1.165) is 23.9 Å². The fourth-order valence-corrected chi connectivity index (χ4v) is 2.64. The number of aliphatic carboxylic acids is 1. The third-order valence-electron chi connectivity index (χ3n) is 3.91. The molecule has 2 aromatic carbocycles. The van der Waals surface area contributed by atoms with Crippen LogP contribution in [-0.4, -0.2) is 26.7 Å². The maximum atomic E-state index is 13.5. The maximum Gasteiger partial charge on any atom is 0.412 e. The van der Waals surface area contributed by atoms with Crippen LogP contribution in [0.5, 0.6) is 0 Å². The van der Waals surface area contributed by atoms with Crippen LogP contribution in [0.25, 0.3) is 11.4 Å². The first-order chi connectivity index (χ1) is 14.3. The number of carboxylic acid groups (broad SMARTS) is 1. The number of nitrogens with one attached hydrogen (secondary N) is 1. The van der Waals surface area contributed by atoms with E-state index in [1.807, 2.05) is 0 Å². The molecule has 0 saturated carbocycles. The van der Waals surface area contributed by atoms with E-state index in [2.05, 4.69) is 10.3 Å². The fourth-order valence-electron chi connectivity index (χ4n) is 2.64. The number of carbonyl (C=O) groups excluding carboxylic acids is 1. The summed E-state index contributed by atoms with van der Waals surface area (Å²) in [4.78, 5) is 39.8. The van der Waals surface area contributed by atoms with Crippen LogP contribution < -0.4 is 10.9 Å². The predicted octanol–water partition coefficient (Wildman–Crippen LogP) is 3.02. The number of nitrogens with zero attached hydrogens (tertiary/aromatic N) is 2. The summed E-state index contributed by atoms with van der Waals surface area (Å²) in [6.45, 7) is -0.891. The van der Waals surface area contributed by atoms with E-state index in [9.17, 15) is 23.2 Å². The molecule has 2 N–H and O–H groups in total. The summed E-state index contributed by atoms with van der Waals surface area (Å²) in [7, 11) is 0. The van der Waals surface area contributed by atoms with Crippen LogP contribution in [0.1, 0.15) is 5.56 Å². The van der Waals surface area contributed by atoms with Crippen molar-refractivity contribution in [2.75, 3.05) is 5.32 Å². The van der Waals surface area contributed by atoms with Gasteiger partial charge in [0.2, 0.25) is 0 Å². The molecule has 1 aromatic heterocycles. The zero-order valence-corrected chi connectivity index (χ0v) is 15.3. The number of hydrogen-bond donors (Lipinski definition) is 2. The Morgan fingerprint density at radius 3 is 2.40 bits per heavy atom. The number of carbonyl (C=O) groups is 2. The molecule has 0 fully saturated rings. The zero-order chi connectivity index (χ0) is 21.7. The minimum absolute atomic E-state index is 0.0515. The summed E-state index contributed by atoms with van der Waals surface area (Å²) in [6.07, 6.45) is 0.00645. The second kappa shape index (κ2) is 8.95. The van der Waals surface area contributed by atoms with E-state index in [0.29, 0.717) is 10.6 Å². The van der Waals surface area contributed by atoms with Gasteiger partial charge in [0.15, 0.2) is 0 Å². The van der Waals surface area contributed by atoms with E-state index in [-0.39, 0.29) is 23.7 Å². The molecule has 0 bridgehead atoms. The van der Waals surface area contributed by atoms with Gasteiger partial charge in [-0.25, -0.2) is 18.6 Å². The van der Waals surface area contributed by atoms with Gasteiger partial charge < -0.3 is 9.84 Å². The normalized spacial score (nSPS) is 10.5. The van der Waals surface area contributed by atoms with Crippen LogP contribution in [0.15, 0.2) is 59.5 Å². The fraction of sp³-hybridized carbons (Fsp3) is 0.100. The molecular formula is C20H15F2N3O5. The Morgan fingerprint density at radius 1 is 1.10 bits per heavy atom. The van der Waals surface area contributed by atoms with Crippen LogP contribution >= 0.6 is 0 Å². The standard InChI is InChI=1S/C20H15F2N3O5/c21-14-6-13(7-15(22)8-14)18-23-9-16(19(28)25(18)10-17(26)27)24-20(29)30-11-12-4-2-1-3-5-12/h1-9H,10-11H2,(H,24,29)(H,26,27). The van der Waals surface area contributed by atoms with E-state index in [1.54, 1.807) is 30.3 Å². The highest BCUT2D eigenvalue weighted by atomic mass is 19.1. The largest absolute Gasteiger partial charge is 0.480 e. The first-order valence-electron chi connectivity index (χ1n) is 8.59. The average Bonchev–Trinajstić information content (AvgIpc) is 2.69. The van der Waals surface area contributed by atoms with Crippen molar-refractivity contribution < 1.29 is 28.2 Å². The van der Waals surface area contributed by atoms with Gasteiger partial charge in [-0.05, 0) is 17.7 Å². The Labute approximate surface area is 168 Å². The number of ether oxygens (including phenoxy) is 1. The first-order valence-corrected chi connectivity index (χ1v) is 8.59. The van der Waals surface area contributed by atoms with Crippen molar-refractivity contribution in [2.45, 2.75) is 13.2 Å². The van der Waals surface area contributed by atoms with E-state index in [1.165, 1.54) is 0 Å². The molecule has 0 aliphatic rings. The Balaban J connectivity index is 1.88. The lowest BCUT2D eigenvalue weighted by atomic mass is 10.2. The Bertz CT molecular complexity index is 1130. The predicted molar refractivity (Wildman–Crippen MR) is 102 cm³/mol. The highest BCUT2D eigenvalue weighted by Gasteiger charge is 2.17. The molecule has 0 atom stereocenters. The van der Waals surface area contributed by atoms with Crippen molar-refractivity contribution in [1.29, 1.82) is 0 Å².